The van der Waals surface area contributed by atoms with Crippen molar-refractivity contribution >= 4 is 12.1 Å². The third-order valence-corrected chi connectivity index (χ3v) is 6.38. The topological polar surface area (TPSA) is 66.8 Å². The fourth-order valence-corrected chi connectivity index (χ4v) is 4.92. The van der Waals surface area contributed by atoms with Gasteiger partial charge in [-0.25, -0.2) is 18.4 Å². The molecule has 2 aliphatic carbocycles. The van der Waals surface area contributed by atoms with Crippen molar-refractivity contribution in [2.75, 3.05) is 6.61 Å². The smallest absolute Gasteiger partial charge is 0.411 e. The van der Waals surface area contributed by atoms with Gasteiger partial charge in [0, 0.05) is 5.92 Å². The summed E-state index contributed by atoms with van der Waals surface area (Å²) >= 11 is 0. The number of benzene rings is 2. The second-order valence-corrected chi connectivity index (χ2v) is 7.87. The molecule has 1 saturated carbocycles. The largest absolute Gasteiger partial charge is 0.480 e. The Balaban J connectivity index is 1.39. The van der Waals surface area contributed by atoms with Crippen LogP contribution in [0.1, 0.15) is 29.9 Å². The Bertz CT molecular complexity index is 962. The van der Waals surface area contributed by atoms with Gasteiger partial charge in [-0.05, 0) is 35.1 Å². The van der Waals surface area contributed by atoms with Crippen LogP contribution < -0.4 is 0 Å². The number of carboxylic acids is 1. The molecule has 0 spiro atoms. The number of ether oxygens (including phenoxy) is 1. The van der Waals surface area contributed by atoms with Crippen molar-refractivity contribution in [3.8, 4) is 11.1 Å². The minimum absolute atomic E-state index is 0.0102. The second kappa shape index (κ2) is 6.27. The number of hydrogen-bond donors (Lipinski definition) is 1. The SMILES string of the molecule is O=C(O)[C@H]1CCC2C(N1C(=O)OCC1c3ccccc3-c3ccccc31)C2(F)F. The summed E-state index contributed by atoms with van der Waals surface area (Å²) in [7, 11) is 0. The number of fused-ring (bicyclic) bond motifs is 4. The summed E-state index contributed by atoms with van der Waals surface area (Å²) in [6.07, 6.45) is -0.871. The Kier molecular flexibility index (Phi) is 3.91. The van der Waals surface area contributed by atoms with Gasteiger partial charge in [0.05, 0.1) is 5.92 Å². The monoisotopic (exact) mass is 399 g/mol. The van der Waals surface area contributed by atoms with Crippen LogP contribution in [0.15, 0.2) is 48.5 Å². The van der Waals surface area contributed by atoms with Gasteiger partial charge in [0.2, 0.25) is 0 Å². The number of alkyl halides is 2. The number of amides is 1. The van der Waals surface area contributed by atoms with E-state index in [0.717, 1.165) is 27.2 Å². The zero-order chi connectivity index (χ0) is 20.3. The summed E-state index contributed by atoms with van der Waals surface area (Å²) in [5, 5.41) is 9.41. The highest BCUT2D eigenvalue weighted by atomic mass is 19.3. The number of piperidine rings is 1. The maximum Gasteiger partial charge on any atom is 0.411 e. The van der Waals surface area contributed by atoms with Gasteiger partial charge in [0.1, 0.15) is 18.7 Å². The van der Waals surface area contributed by atoms with E-state index in [1.807, 2.05) is 48.5 Å². The molecule has 5 nitrogen and oxygen atoms in total. The third kappa shape index (κ3) is 2.63. The molecule has 1 heterocycles. The van der Waals surface area contributed by atoms with Gasteiger partial charge >= 0.3 is 12.1 Å². The zero-order valence-electron chi connectivity index (χ0n) is 15.4. The summed E-state index contributed by atoms with van der Waals surface area (Å²) in [4.78, 5) is 25.0. The van der Waals surface area contributed by atoms with Crippen LogP contribution in [0.25, 0.3) is 11.1 Å². The van der Waals surface area contributed by atoms with E-state index in [9.17, 15) is 23.5 Å². The van der Waals surface area contributed by atoms with Crippen molar-refractivity contribution in [3.63, 3.8) is 0 Å². The Morgan fingerprint density at radius 2 is 1.62 bits per heavy atom. The average molecular weight is 399 g/mol. The summed E-state index contributed by atoms with van der Waals surface area (Å²) in [5.41, 5.74) is 4.12. The fourth-order valence-electron chi connectivity index (χ4n) is 4.92. The highest BCUT2D eigenvalue weighted by Gasteiger charge is 2.74. The maximum atomic E-state index is 14.0. The number of carbonyl (C=O) groups is 2. The Morgan fingerprint density at radius 1 is 1.03 bits per heavy atom. The predicted molar refractivity (Wildman–Crippen MR) is 99.8 cm³/mol. The normalized spacial score (nSPS) is 26.3. The van der Waals surface area contributed by atoms with Gasteiger partial charge in [-0.1, -0.05) is 48.5 Å². The van der Waals surface area contributed by atoms with Crippen LogP contribution in [0.3, 0.4) is 0 Å². The maximum absolute atomic E-state index is 14.0. The number of carboxylic acid groups (broad SMARTS) is 1. The first kappa shape index (κ1) is 18.1. The molecule has 2 aromatic rings. The molecule has 5 rings (SSSR count). The average Bonchev–Trinajstić information content (AvgIpc) is 3.14. The van der Waals surface area contributed by atoms with E-state index in [1.165, 1.54) is 0 Å². The molecule has 1 amide bonds. The van der Waals surface area contributed by atoms with E-state index in [2.05, 4.69) is 0 Å². The highest BCUT2D eigenvalue weighted by Crippen LogP contribution is 2.58. The molecule has 0 aromatic heterocycles. The van der Waals surface area contributed by atoms with Crippen LogP contribution in [0, 0.1) is 5.92 Å². The van der Waals surface area contributed by atoms with Crippen LogP contribution in [0.5, 0.6) is 0 Å². The van der Waals surface area contributed by atoms with E-state index in [4.69, 9.17) is 4.74 Å². The lowest BCUT2D eigenvalue weighted by Gasteiger charge is -2.31. The number of likely N-dealkylation sites (tertiary alicyclic amines) is 1. The van der Waals surface area contributed by atoms with Gasteiger partial charge in [-0.2, -0.15) is 0 Å². The van der Waals surface area contributed by atoms with Crippen molar-refractivity contribution in [3.05, 3.63) is 59.7 Å². The molecule has 3 aliphatic rings. The molecule has 7 heteroatoms. The van der Waals surface area contributed by atoms with Gasteiger partial charge in [-0.15, -0.1) is 0 Å². The van der Waals surface area contributed by atoms with Gasteiger partial charge in [0.15, 0.2) is 0 Å². The number of aliphatic carboxylic acids is 1. The molecular formula is C22H19F2NO4. The molecule has 3 atom stereocenters. The standard InChI is InChI=1S/C22H19F2NO4/c23-22(24)17-9-10-18(20(26)27)25(19(17)22)21(28)29-11-16-14-7-3-1-5-12(14)13-6-2-4-8-15(13)16/h1-8,16-19H,9-11H2,(H,26,27)/t17?,18-,19?/m1/s1. The van der Waals surface area contributed by atoms with Crippen molar-refractivity contribution in [1.82, 2.24) is 4.90 Å². The van der Waals surface area contributed by atoms with Crippen molar-refractivity contribution < 1.29 is 28.2 Å². The summed E-state index contributed by atoms with van der Waals surface area (Å²) in [6, 6.07) is 12.9. The van der Waals surface area contributed by atoms with Gasteiger partial charge in [0.25, 0.3) is 5.92 Å². The lowest BCUT2D eigenvalue weighted by molar-refractivity contribution is -0.144. The van der Waals surface area contributed by atoms with E-state index in [0.29, 0.717) is 0 Å². The predicted octanol–water partition coefficient (Wildman–Crippen LogP) is 4.12. The molecule has 150 valence electrons. The van der Waals surface area contributed by atoms with Crippen molar-refractivity contribution in [1.29, 1.82) is 0 Å². The minimum Gasteiger partial charge on any atom is -0.480 e. The quantitative estimate of drug-likeness (QED) is 0.843. The van der Waals surface area contributed by atoms with Crippen LogP contribution in [-0.4, -0.2) is 46.7 Å². The molecular weight excluding hydrogens is 380 g/mol. The Morgan fingerprint density at radius 3 is 2.21 bits per heavy atom. The second-order valence-electron chi connectivity index (χ2n) is 7.87. The van der Waals surface area contributed by atoms with E-state index >= 15 is 0 Å². The number of halogens is 2. The molecule has 1 aliphatic heterocycles. The number of carbonyl (C=O) groups excluding carboxylic acids is 1. The fraction of sp³-hybridized carbons (Fsp3) is 0.364. The molecule has 2 unspecified atom stereocenters. The van der Waals surface area contributed by atoms with Gasteiger partial charge in [-0.3, -0.25) is 4.90 Å². The van der Waals surface area contributed by atoms with E-state index in [-0.39, 0.29) is 25.4 Å². The molecule has 0 bridgehead atoms. The van der Waals surface area contributed by atoms with E-state index < -0.39 is 36.0 Å². The molecule has 2 fully saturated rings. The molecule has 0 radical (unpaired) electrons. The van der Waals surface area contributed by atoms with Crippen LogP contribution in [0.4, 0.5) is 13.6 Å². The molecule has 29 heavy (non-hydrogen) atoms. The first-order valence-electron chi connectivity index (χ1n) is 9.65. The number of nitrogens with zero attached hydrogens (tertiary/aromatic N) is 1. The van der Waals surface area contributed by atoms with Crippen LogP contribution in [0.2, 0.25) is 0 Å². The first-order valence-corrected chi connectivity index (χ1v) is 9.65. The lowest BCUT2D eigenvalue weighted by Crippen LogP contribution is -2.50. The lowest BCUT2D eigenvalue weighted by atomic mass is 9.98. The number of rotatable bonds is 3. The minimum atomic E-state index is -3.05. The van der Waals surface area contributed by atoms with Crippen LogP contribution in [-0.2, 0) is 9.53 Å². The summed E-state index contributed by atoms with van der Waals surface area (Å²) in [6.45, 7) is -0.0291. The first-order chi connectivity index (χ1) is 13.9. The Labute approximate surface area is 165 Å². The zero-order valence-corrected chi connectivity index (χ0v) is 15.4. The summed E-state index contributed by atoms with van der Waals surface area (Å²) < 4.78 is 33.5. The van der Waals surface area contributed by atoms with Crippen molar-refractivity contribution in [2.24, 2.45) is 5.92 Å². The molecule has 2 aromatic carbocycles. The Hall–Kier alpha value is -2.96. The third-order valence-electron chi connectivity index (χ3n) is 6.38. The van der Waals surface area contributed by atoms with Crippen LogP contribution >= 0.6 is 0 Å². The summed E-state index contributed by atoms with van der Waals surface area (Å²) in [5.74, 6) is -5.51. The van der Waals surface area contributed by atoms with Crippen molar-refractivity contribution in [2.45, 2.75) is 36.8 Å². The van der Waals surface area contributed by atoms with Gasteiger partial charge < -0.3 is 9.84 Å². The molecule has 1 saturated heterocycles. The molecule has 1 N–H and O–H groups in total. The highest BCUT2D eigenvalue weighted by molar-refractivity contribution is 5.82. The number of hydrogen-bond acceptors (Lipinski definition) is 3. The van der Waals surface area contributed by atoms with E-state index in [1.54, 1.807) is 0 Å².